The summed E-state index contributed by atoms with van der Waals surface area (Å²) < 4.78 is 100. The molecule has 4 aliphatic heterocycles. The summed E-state index contributed by atoms with van der Waals surface area (Å²) in [4.78, 5) is 107. The number of aromatic nitrogens is 14. The molecule has 45 heteroatoms. The fraction of sp³-hybridized carbons (Fsp3) is 0.513. The van der Waals surface area contributed by atoms with Gasteiger partial charge in [-0.15, -0.1) is 0 Å². The summed E-state index contributed by atoms with van der Waals surface area (Å²) in [7, 11) is -16.8. The van der Waals surface area contributed by atoms with Crippen LogP contribution in [0.5, 0.6) is 0 Å². The number of ether oxygens (including phenoxy) is 4. The van der Waals surface area contributed by atoms with Crippen LogP contribution in [0.1, 0.15) is 24.9 Å². The molecule has 0 amide bonds. The van der Waals surface area contributed by atoms with Gasteiger partial charge in [-0.2, -0.15) is 4.98 Å². The van der Waals surface area contributed by atoms with Crippen molar-refractivity contribution < 1.29 is 105 Å². The van der Waals surface area contributed by atoms with E-state index >= 15 is 0 Å². The summed E-state index contributed by atoms with van der Waals surface area (Å²) in [5.41, 5.74) is 14.4. The number of hydrogen-bond acceptors (Lipinski definition) is 33. The first kappa shape index (κ1) is 59.2. The van der Waals surface area contributed by atoms with Gasteiger partial charge in [-0.3, -0.25) is 65.0 Å². The number of nitrogens with zero attached hydrogens (tertiary/aromatic N) is 12. The highest BCUT2D eigenvalue weighted by Crippen LogP contribution is 2.54. The van der Waals surface area contributed by atoms with Gasteiger partial charge in [0, 0.05) is 12.3 Å². The minimum atomic E-state index is -5.73. The van der Waals surface area contributed by atoms with Gasteiger partial charge in [0.05, 0.1) is 45.4 Å². The Morgan fingerprint density at radius 2 is 0.940 bits per heavy atom. The lowest BCUT2D eigenvalue weighted by atomic mass is 10.1. The molecule has 19 atom stereocenters. The van der Waals surface area contributed by atoms with Gasteiger partial charge < -0.3 is 81.5 Å². The Balaban J connectivity index is 0.800. The number of nitrogens with one attached hydrogen (secondary N) is 2. The second-order valence-electron chi connectivity index (χ2n) is 18.9. The second-order valence-corrected chi connectivity index (χ2v) is 23.1. The van der Waals surface area contributed by atoms with Gasteiger partial charge in [0.1, 0.15) is 96.9 Å². The van der Waals surface area contributed by atoms with Crippen molar-refractivity contribution in [2.45, 2.75) is 98.2 Å². The standard InChI is InChI=1S/C39H48N17O25P3/c40-28-17-30(45-7-43-28)54(9-47-17)34-21(60)20(59)13(76-34)4-72-82(66,67)81-27-15(78-36(24(27)63)55-10-48-18-29(41)44-8-46-31(18)55)6-74-84(70,71)80-26-14(77-35(23(26)62)53-2-1-16(58)50-39(53)65)5-73-83(68,69)79-25-12(3-57)75-37(22(25)61)56-11-49-19-32(56)51-38(42)52-33(19)64/h1-2,7-15,20-27,34-37,57,59-63H,3-6H2,(H,66,67)(H,68,69)(H,70,71)(H2,40,43,45)(H2,41,44,46)(H,50,58,65)(H3,42,51,52,64)/t12-,13-,14-,15-,20-,21-,22-,23-,24-,25-,26-,27-,34-,35-,36-,37-/m1/s1. The summed E-state index contributed by atoms with van der Waals surface area (Å²) in [6.45, 7) is -4.37. The molecule has 4 aliphatic rings. The molecule has 11 heterocycles. The molecule has 0 saturated carbocycles. The average Bonchev–Trinajstić information content (AvgIpc) is 2.88. The number of aliphatic hydroxyl groups excluding tert-OH is 6. The van der Waals surface area contributed by atoms with E-state index in [1.54, 1.807) is 0 Å². The molecule has 0 spiro atoms. The molecule has 454 valence electrons. The highest BCUT2D eigenvalue weighted by atomic mass is 31.2. The molecule has 42 nitrogen and oxygen atoms in total. The Hall–Kier alpha value is -6.54. The Morgan fingerprint density at radius 1 is 0.524 bits per heavy atom. The molecule has 17 N–H and O–H groups in total. The van der Waals surface area contributed by atoms with Gasteiger partial charge in [-0.05, 0) is 0 Å². The molecule has 3 unspecified atom stereocenters. The molecule has 4 fully saturated rings. The van der Waals surface area contributed by atoms with E-state index in [0.717, 1.165) is 46.7 Å². The van der Waals surface area contributed by atoms with Gasteiger partial charge >= 0.3 is 29.2 Å². The van der Waals surface area contributed by atoms with Crippen LogP contribution in [0.15, 0.2) is 58.3 Å². The topological polar surface area (TPSA) is 609 Å². The van der Waals surface area contributed by atoms with E-state index in [0.29, 0.717) is 4.57 Å². The highest BCUT2D eigenvalue weighted by Gasteiger charge is 2.55. The monoisotopic (exact) mass is 1250 g/mol. The molecule has 84 heavy (non-hydrogen) atoms. The number of phosphoric ester groups is 3. The number of phosphoric acid groups is 3. The van der Waals surface area contributed by atoms with E-state index in [4.69, 9.17) is 63.3 Å². The van der Waals surface area contributed by atoms with Crippen LogP contribution in [0.25, 0.3) is 33.5 Å². The third-order valence-electron chi connectivity index (χ3n) is 13.6. The summed E-state index contributed by atoms with van der Waals surface area (Å²) in [6, 6.07) is 0.832. The van der Waals surface area contributed by atoms with Gasteiger partial charge in [-0.1, -0.05) is 0 Å². The lowest BCUT2D eigenvalue weighted by Crippen LogP contribution is -2.39. The maximum Gasteiger partial charge on any atom is 0.472 e. The van der Waals surface area contributed by atoms with Crippen LogP contribution in [-0.4, -0.2) is 213 Å². The van der Waals surface area contributed by atoms with Gasteiger partial charge in [0.15, 0.2) is 59.0 Å². The zero-order valence-corrected chi connectivity index (χ0v) is 44.8. The van der Waals surface area contributed by atoms with Gasteiger partial charge in [-0.25, -0.2) is 53.4 Å². The second kappa shape index (κ2) is 22.7. The molecule has 0 bridgehead atoms. The number of fused-ring (bicyclic) bond motifs is 3. The summed E-state index contributed by atoms with van der Waals surface area (Å²) in [5, 5.41) is 66.6. The van der Waals surface area contributed by atoms with Crippen LogP contribution >= 0.6 is 23.5 Å². The predicted octanol–water partition coefficient (Wildman–Crippen LogP) is -6.01. The van der Waals surface area contributed by atoms with Gasteiger partial charge in [0.2, 0.25) is 5.95 Å². The molecular formula is C39H48N17O25P3. The fourth-order valence-corrected chi connectivity index (χ4v) is 12.6. The van der Waals surface area contributed by atoms with Crippen molar-refractivity contribution in [3.63, 3.8) is 0 Å². The number of nitrogen functional groups attached to an aromatic ring is 3. The zero-order chi connectivity index (χ0) is 59.9. The Bertz CT molecular complexity index is 3940. The lowest BCUT2D eigenvalue weighted by Gasteiger charge is -2.26. The van der Waals surface area contributed by atoms with Crippen molar-refractivity contribution in [3.8, 4) is 0 Å². The number of anilines is 3. The first-order valence-corrected chi connectivity index (χ1v) is 28.8. The van der Waals surface area contributed by atoms with Crippen molar-refractivity contribution in [2.24, 2.45) is 0 Å². The molecule has 7 aromatic rings. The average molecular weight is 1250 g/mol. The molecule has 0 radical (unpaired) electrons. The van der Waals surface area contributed by atoms with E-state index in [2.05, 4.69) is 44.9 Å². The van der Waals surface area contributed by atoms with E-state index in [1.807, 2.05) is 4.98 Å². The van der Waals surface area contributed by atoms with Crippen LogP contribution in [0.2, 0.25) is 0 Å². The number of rotatable bonds is 20. The number of aromatic amines is 2. The first-order chi connectivity index (χ1) is 39.8. The summed E-state index contributed by atoms with van der Waals surface area (Å²) in [5.74, 6) is -0.478. The van der Waals surface area contributed by atoms with Crippen LogP contribution in [0.4, 0.5) is 17.6 Å². The zero-order valence-electron chi connectivity index (χ0n) is 42.1. The third kappa shape index (κ3) is 11.3. The van der Waals surface area contributed by atoms with Crippen LogP contribution in [0, 0.1) is 0 Å². The molecule has 4 saturated heterocycles. The van der Waals surface area contributed by atoms with E-state index in [9.17, 15) is 73.4 Å². The number of imidazole rings is 3. The van der Waals surface area contributed by atoms with Crippen molar-refractivity contribution >= 4 is 74.5 Å². The van der Waals surface area contributed by atoms with Crippen molar-refractivity contribution in [1.29, 1.82) is 0 Å². The SMILES string of the molecule is Nc1nc2c(ncn2[C@@H]2O[C@H](CO)[C@@H](OP(=O)(O)OC[C@H]3O[C@@H](n4ccc(=O)[nH]c4=O)[C@H](O)[C@@H]3OP(=O)(O)OC[C@H]3O[C@@H](n4cnc5c(N)ncnc54)[C@H](O)[C@@H]3OP(=O)(O)OC[C@H]3O[C@@H](n4cnc5c(N)ncnc54)[C@H](O)[C@@H]3O)[C@H]2O)c(=O)[nH]1. The Kier molecular flexibility index (Phi) is 16.0. The van der Waals surface area contributed by atoms with Crippen molar-refractivity contribution in [3.05, 3.63) is 75.1 Å². The van der Waals surface area contributed by atoms with E-state index in [-0.39, 0.29) is 51.1 Å². The van der Waals surface area contributed by atoms with Gasteiger partial charge in [0.25, 0.3) is 11.1 Å². The lowest BCUT2D eigenvalue weighted by molar-refractivity contribution is -0.0643. The van der Waals surface area contributed by atoms with Crippen molar-refractivity contribution in [2.75, 3.05) is 43.6 Å². The molecule has 11 rings (SSSR count). The third-order valence-corrected chi connectivity index (χ3v) is 16.5. The number of H-pyrrole nitrogens is 2. The summed E-state index contributed by atoms with van der Waals surface area (Å²) in [6.07, 6.45) is -23.2. The Morgan fingerprint density at radius 3 is 1.43 bits per heavy atom. The quantitative estimate of drug-likeness (QED) is 0.0316. The predicted molar refractivity (Wildman–Crippen MR) is 268 cm³/mol. The highest BCUT2D eigenvalue weighted by molar-refractivity contribution is 7.48. The molecular weight excluding hydrogens is 1200 g/mol. The maximum atomic E-state index is 14.0. The molecule has 7 aromatic heterocycles. The van der Waals surface area contributed by atoms with Crippen molar-refractivity contribution in [1.82, 2.24) is 68.1 Å². The minimum absolute atomic E-state index is 0.00363. The van der Waals surface area contributed by atoms with E-state index in [1.165, 1.54) is 10.9 Å². The first-order valence-electron chi connectivity index (χ1n) is 24.3. The smallest absolute Gasteiger partial charge is 0.394 e. The normalized spacial score (nSPS) is 32.2. The van der Waals surface area contributed by atoms with E-state index < -0.39 is 165 Å². The van der Waals surface area contributed by atoms with Crippen LogP contribution < -0.4 is 34.0 Å². The Labute approximate surface area is 463 Å². The number of nitrogens with two attached hydrogens (primary N) is 3. The fourth-order valence-electron chi connectivity index (χ4n) is 9.68. The largest absolute Gasteiger partial charge is 0.472 e. The summed E-state index contributed by atoms with van der Waals surface area (Å²) >= 11 is 0. The maximum absolute atomic E-state index is 14.0. The number of hydrogen-bond donors (Lipinski definition) is 14. The minimum Gasteiger partial charge on any atom is -0.394 e. The number of aliphatic hydroxyl groups is 6. The molecule has 0 aromatic carbocycles. The molecule has 0 aliphatic carbocycles. The van der Waals surface area contributed by atoms with Crippen LogP contribution in [-0.2, 0) is 59.8 Å². The van der Waals surface area contributed by atoms with Crippen LogP contribution in [0.3, 0.4) is 0 Å².